The van der Waals surface area contributed by atoms with E-state index in [-0.39, 0.29) is 24.3 Å². The van der Waals surface area contributed by atoms with Crippen LogP contribution in [-0.4, -0.2) is 41.5 Å². The van der Waals surface area contributed by atoms with Crippen molar-refractivity contribution in [3.8, 4) is 0 Å². The molecule has 3 amide bonds. The van der Waals surface area contributed by atoms with Crippen LogP contribution in [0.5, 0.6) is 0 Å². The summed E-state index contributed by atoms with van der Waals surface area (Å²) in [5.41, 5.74) is 3.00. The van der Waals surface area contributed by atoms with Gasteiger partial charge >= 0.3 is 6.03 Å². The average Bonchev–Trinajstić information content (AvgIpc) is 3.32. The number of carbonyl (C=O) groups excluding carboxylic acids is 2. The Hall–Kier alpha value is -2.87. The molecule has 3 aromatic rings. The number of hydrogen-bond acceptors (Lipinski definition) is 3. The maximum absolute atomic E-state index is 13.4. The molecule has 3 heterocycles. The van der Waals surface area contributed by atoms with Crippen molar-refractivity contribution in [1.82, 2.24) is 20.5 Å². The number of amides is 3. The van der Waals surface area contributed by atoms with Crippen LogP contribution in [0.15, 0.2) is 35.8 Å². The van der Waals surface area contributed by atoms with Crippen LogP contribution in [0.4, 0.5) is 9.18 Å². The van der Waals surface area contributed by atoms with Gasteiger partial charge in [-0.2, -0.15) is 0 Å². The summed E-state index contributed by atoms with van der Waals surface area (Å²) in [6.07, 6.45) is 3.26. The maximum atomic E-state index is 13.4. The molecular formula is C20H21FN4O2S. The van der Waals surface area contributed by atoms with Crippen LogP contribution in [0.25, 0.3) is 10.9 Å². The van der Waals surface area contributed by atoms with Gasteiger partial charge in [-0.25, -0.2) is 9.18 Å². The molecule has 1 aromatic carbocycles. The summed E-state index contributed by atoms with van der Waals surface area (Å²) >= 11 is 1.73. The highest BCUT2D eigenvalue weighted by atomic mass is 32.1. The molecular weight excluding hydrogens is 379 g/mol. The van der Waals surface area contributed by atoms with E-state index >= 15 is 0 Å². The predicted octanol–water partition coefficient (Wildman–Crippen LogP) is 2.80. The van der Waals surface area contributed by atoms with Gasteiger partial charge in [0.15, 0.2) is 0 Å². The normalized spacial score (nSPS) is 13.4. The molecule has 0 unspecified atom stereocenters. The minimum atomic E-state index is -0.382. The number of H-pyrrole nitrogens is 1. The number of carbonyl (C=O) groups is 2. The number of aromatic nitrogens is 1. The number of thiophene rings is 1. The number of urea groups is 1. The van der Waals surface area contributed by atoms with Crippen molar-refractivity contribution in [3.05, 3.63) is 57.7 Å². The summed E-state index contributed by atoms with van der Waals surface area (Å²) in [6.45, 7) is 1.67. The Labute approximate surface area is 165 Å². The number of benzene rings is 1. The topological polar surface area (TPSA) is 77.2 Å². The molecule has 28 heavy (non-hydrogen) atoms. The highest BCUT2D eigenvalue weighted by molar-refractivity contribution is 7.10. The van der Waals surface area contributed by atoms with Crippen LogP contribution in [0.1, 0.15) is 16.0 Å². The van der Waals surface area contributed by atoms with Crippen molar-refractivity contribution < 1.29 is 14.0 Å². The third kappa shape index (κ3) is 4.01. The molecule has 0 spiro atoms. The Kier molecular flexibility index (Phi) is 5.29. The van der Waals surface area contributed by atoms with E-state index in [2.05, 4.69) is 21.7 Å². The summed E-state index contributed by atoms with van der Waals surface area (Å²) in [6, 6.07) is 6.26. The van der Waals surface area contributed by atoms with Crippen LogP contribution in [0.3, 0.4) is 0 Å². The van der Waals surface area contributed by atoms with E-state index in [1.807, 2.05) is 11.6 Å². The predicted molar refractivity (Wildman–Crippen MR) is 107 cm³/mol. The van der Waals surface area contributed by atoms with Gasteiger partial charge in [0.1, 0.15) is 5.82 Å². The molecule has 0 aliphatic carbocycles. The van der Waals surface area contributed by atoms with Gasteiger partial charge in [0.2, 0.25) is 5.91 Å². The quantitative estimate of drug-likeness (QED) is 0.616. The van der Waals surface area contributed by atoms with E-state index in [1.165, 1.54) is 22.6 Å². The largest absolute Gasteiger partial charge is 0.361 e. The molecule has 0 bridgehead atoms. The Morgan fingerprint density at radius 2 is 2.14 bits per heavy atom. The number of aromatic amines is 1. The summed E-state index contributed by atoms with van der Waals surface area (Å²) in [4.78, 5) is 30.5. The summed E-state index contributed by atoms with van der Waals surface area (Å²) < 4.78 is 13.4. The van der Waals surface area contributed by atoms with Crippen molar-refractivity contribution >= 4 is 34.2 Å². The fourth-order valence-corrected chi connectivity index (χ4v) is 4.35. The Balaban J connectivity index is 1.21. The Morgan fingerprint density at radius 1 is 1.25 bits per heavy atom. The molecule has 0 saturated carbocycles. The smallest absolute Gasteiger partial charge is 0.315 e. The average molecular weight is 400 g/mol. The van der Waals surface area contributed by atoms with Gasteiger partial charge in [-0.1, -0.05) is 0 Å². The van der Waals surface area contributed by atoms with Crippen molar-refractivity contribution in [3.63, 3.8) is 0 Å². The highest BCUT2D eigenvalue weighted by Crippen LogP contribution is 2.24. The van der Waals surface area contributed by atoms with Crippen molar-refractivity contribution in [2.75, 3.05) is 19.6 Å². The second-order valence-electron chi connectivity index (χ2n) is 6.80. The van der Waals surface area contributed by atoms with Crippen molar-refractivity contribution in [2.45, 2.75) is 19.4 Å². The van der Waals surface area contributed by atoms with Crippen molar-refractivity contribution in [1.29, 1.82) is 0 Å². The minimum Gasteiger partial charge on any atom is -0.361 e. The number of hydrogen-bond donors (Lipinski definition) is 3. The summed E-state index contributed by atoms with van der Waals surface area (Å²) in [5.74, 6) is -0.371. The summed E-state index contributed by atoms with van der Waals surface area (Å²) in [7, 11) is 0. The zero-order valence-corrected chi connectivity index (χ0v) is 16.1. The zero-order valence-electron chi connectivity index (χ0n) is 15.3. The van der Waals surface area contributed by atoms with Gasteiger partial charge in [-0.15, -0.1) is 11.3 Å². The van der Waals surface area contributed by atoms with Gasteiger partial charge in [0, 0.05) is 41.6 Å². The van der Waals surface area contributed by atoms with Gasteiger partial charge in [0.25, 0.3) is 0 Å². The fourth-order valence-electron chi connectivity index (χ4n) is 3.46. The maximum Gasteiger partial charge on any atom is 0.315 e. The molecule has 2 aromatic heterocycles. The zero-order chi connectivity index (χ0) is 19.5. The van der Waals surface area contributed by atoms with E-state index in [9.17, 15) is 14.0 Å². The van der Waals surface area contributed by atoms with Gasteiger partial charge < -0.3 is 20.5 Å². The molecule has 0 atom stereocenters. The number of halogens is 1. The number of rotatable bonds is 5. The molecule has 4 rings (SSSR count). The van der Waals surface area contributed by atoms with E-state index in [0.717, 1.165) is 22.9 Å². The minimum absolute atomic E-state index is 0.0242. The number of nitrogens with zero attached hydrogens (tertiary/aromatic N) is 1. The van der Waals surface area contributed by atoms with E-state index in [0.29, 0.717) is 26.1 Å². The monoisotopic (exact) mass is 400 g/mol. The molecule has 6 nitrogen and oxygen atoms in total. The van der Waals surface area contributed by atoms with E-state index in [1.54, 1.807) is 22.3 Å². The van der Waals surface area contributed by atoms with Crippen LogP contribution in [0.2, 0.25) is 0 Å². The standard InChI is InChI=1S/C20H21FN4O2S/c21-15-1-2-17-16(9-15)13(10-23-17)3-6-22-20(27)24-11-19(26)25-7-4-18-14(12-25)5-8-28-18/h1-2,5,8-10,23H,3-4,6-7,11-12H2,(H2,22,24,27). The number of fused-ring (bicyclic) bond motifs is 2. The first kappa shape index (κ1) is 18.5. The summed E-state index contributed by atoms with van der Waals surface area (Å²) in [5, 5.41) is 8.22. The van der Waals surface area contributed by atoms with Crippen LogP contribution in [0, 0.1) is 5.82 Å². The first-order chi connectivity index (χ1) is 13.6. The van der Waals surface area contributed by atoms with Gasteiger partial charge in [-0.05, 0) is 53.6 Å². The van der Waals surface area contributed by atoms with E-state index in [4.69, 9.17) is 0 Å². The Bertz CT molecular complexity index is 1010. The molecule has 0 fully saturated rings. The molecule has 0 saturated heterocycles. The van der Waals surface area contributed by atoms with Crippen LogP contribution < -0.4 is 10.6 Å². The Morgan fingerprint density at radius 3 is 3.04 bits per heavy atom. The van der Waals surface area contributed by atoms with Crippen LogP contribution in [-0.2, 0) is 24.2 Å². The lowest BCUT2D eigenvalue weighted by molar-refractivity contribution is -0.130. The SMILES string of the molecule is O=C(NCCc1c[nH]c2ccc(F)cc12)NCC(=O)N1CCc2sccc2C1. The lowest BCUT2D eigenvalue weighted by Gasteiger charge is -2.27. The van der Waals surface area contributed by atoms with Crippen LogP contribution >= 0.6 is 11.3 Å². The third-order valence-electron chi connectivity index (χ3n) is 4.97. The second-order valence-corrected chi connectivity index (χ2v) is 7.80. The lowest BCUT2D eigenvalue weighted by Crippen LogP contribution is -2.45. The molecule has 1 aliphatic rings. The number of nitrogens with one attached hydrogen (secondary N) is 3. The lowest BCUT2D eigenvalue weighted by atomic mass is 10.1. The molecule has 1 aliphatic heterocycles. The molecule has 0 radical (unpaired) electrons. The van der Waals surface area contributed by atoms with E-state index < -0.39 is 0 Å². The first-order valence-corrected chi connectivity index (χ1v) is 10.1. The highest BCUT2D eigenvalue weighted by Gasteiger charge is 2.21. The molecule has 8 heteroatoms. The van der Waals surface area contributed by atoms with Gasteiger partial charge in [-0.3, -0.25) is 4.79 Å². The van der Waals surface area contributed by atoms with Gasteiger partial charge in [0.05, 0.1) is 6.54 Å². The molecule has 3 N–H and O–H groups in total. The second kappa shape index (κ2) is 8.02. The fraction of sp³-hybridized carbons (Fsp3) is 0.300. The molecule has 146 valence electrons. The first-order valence-electron chi connectivity index (χ1n) is 9.20. The third-order valence-corrected chi connectivity index (χ3v) is 5.99. The van der Waals surface area contributed by atoms with Crippen molar-refractivity contribution in [2.24, 2.45) is 0 Å².